The Morgan fingerprint density at radius 2 is 2.03 bits per heavy atom. The van der Waals surface area contributed by atoms with Crippen molar-refractivity contribution in [3.63, 3.8) is 0 Å². The summed E-state index contributed by atoms with van der Waals surface area (Å²) < 4.78 is 3.37. The number of H-pyrrole nitrogens is 1. The zero-order valence-corrected chi connectivity index (χ0v) is 21.0. The van der Waals surface area contributed by atoms with Gasteiger partial charge in [0, 0.05) is 24.4 Å². The van der Waals surface area contributed by atoms with Crippen molar-refractivity contribution in [2.45, 2.75) is 22.1 Å². The molecular weight excluding hydrogens is 469 g/mol. The third-order valence-electron chi connectivity index (χ3n) is 5.13. The highest BCUT2D eigenvalue weighted by molar-refractivity contribution is 8.02. The number of hydrogen-bond acceptors (Lipinski definition) is 5. The maximum Gasteiger partial charge on any atom is 0.382 e. The number of thioether (sulfide) groups is 1. The predicted octanol–water partition coefficient (Wildman–Crippen LogP) is 5.02. The van der Waals surface area contributed by atoms with Gasteiger partial charge in [-0.2, -0.15) is 0 Å². The molecule has 5 nitrogen and oxygen atoms in total. The molecule has 2 aromatic heterocycles. The monoisotopic (exact) mass is 495 g/mol. The van der Waals surface area contributed by atoms with Crippen molar-refractivity contribution in [3.8, 4) is 0 Å². The number of fused-ring (bicyclic) bond motifs is 1. The number of aromatic nitrogens is 1. The molecule has 170 valence electrons. The molecule has 0 fully saturated rings. The maximum absolute atomic E-state index is 10.7. The van der Waals surface area contributed by atoms with E-state index in [0.717, 1.165) is 27.9 Å². The second kappa shape index (κ2) is 11.0. The summed E-state index contributed by atoms with van der Waals surface area (Å²) >= 11 is 5.08. The number of nitrogens with one attached hydrogen (secondary N) is 3. The lowest BCUT2D eigenvalue weighted by atomic mass is 10.1. The summed E-state index contributed by atoms with van der Waals surface area (Å²) in [6.07, 6.45) is 1.43. The summed E-state index contributed by atoms with van der Waals surface area (Å²) in [6, 6.07) is 20.6. The lowest BCUT2D eigenvalue weighted by molar-refractivity contribution is -0.462. The fraction of sp³-hybridized carbons (Fsp3) is 0.200. The smallest absolute Gasteiger partial charge is 0.382 e. The van der Waals surface area contributed by atoms with E-state index in [4.69, 9.17) is 5.41 Å². The van der Waals surface area contributed by atoms with Gasteiger partial charge in [-0.1, -0.05) is 36.4 Å². The number of aliphatic hydroxyl groups excluding tert-OH is 1. The summed E-state index contributed by atoms with van der Waals surface area (Å²) in [4.78, 5) is 6.48. The molecule has 4 N–H and O–H groups in total. The molecule has 4 aromatic rings. The number of anilines is 1. The number of thiophene rings is 1. The zero-order valence-electron chi connectivity index (χ0n) is 18.5. The minimum atomic E-state index is -0.0390. The van der Waals surface area contributed by atoms with E-state index in [1.165, 1.54) is 16.0 Å². The first-order chi connectivity index (χ1) is 16.0. The second-order valence-corrected chi connectivity index (χ2v) is 11.3. The summed E-state index contributed by atoms with van der Waals surface area (Å²) in [6.45, 7) is 2.56. The van der Waals surface area contributed by atoms with E-state index >= 15 is 0 Å². The molecule has 0 aliphatic heterocycles. The molecule has 2 heterocycles. The first-order valence-corrected chi connectivity index (χ1v) is 13.3. The van der Waals surface area contributed by atoms with E-state index in [-0.39, 0.29) is 11.1 Å². The van der Waals surface area contributed by atoms with Crippen molar-refractivity contribution in [2.24, 2.45) is 0 Å². The van der Waals surface area contributed by atoms with Gasteiger partial charge in [-0.25, -0.2) is 4.99 Å². The topological polar surface area (TPSA) is 77.1 Å². The van der Waals surface area contributed by atoms with Crippen molar-refractivity contribution >= 4 is 63.7 Å². The van der Waals surface area contributed by atoms with Crippen LogP contribution in [0.2, 0.25) is 0 Å². The number of benzene rings is 2. The molecule has 0 saturated heterocycles. The molecule has 2 aromatic carbocycles. The van der Waals surface area contributed by atoms with Crippen LogP contribution in [0.15, 0.2) is 70.3 Å². The average Bonchev–Trinajstić information content (AvgIpc) is 3.49. The van der Waals surface area contributed by atoms with Gasteiger partial charge < -0.3 is 19.8 Å². The van der Waals surface area contributed by atoms with E-state index in [9.17, 15) is 5.11 Å². The first-order valence-electron chi connectivity index (χ1n) is 10.6. The van der Waals surface area contributed by atoms with Crippen LogP contribution in [0.1, 0.15) is 16.8 Å². The fourth-order valence-electron chi connectivity index (χ4n) is 3.48. The Morgan fingerprint density at radius 1 is 1.21 bits per heavy atom. The Kier molecular flexibility index (Phi) is 7.80. The van der Waals surface area contributed by atoms with E-state index in [0.29, 0.717) is 12.2 Å². The van der Waals surface area contributed by atoms with Gasteiger partial charge in [0.25, 0.3) is 0 Å². The van der Waals surface area contributed by atoms with Crippen LogP contribution in [0.25, 0.3) is 10.9 Å². The molecule has 0 saturated carbocycles. The molecule has 0 radical (unpaired) electrons. The number of aromatic amines is 1. The highest BCUT2D eigenvalue weighted by Gasteiger charge is 2.18. The Labute approximate surface area is 206 Å². The quantitative estimate of drug-likeness (QED) is 0.142. The number of aliphatic hydroxyl groups is 1. The van der Waals surface area contributed by atoms with E-state index in [2.05, 4.69) is 70.0 Å². The second-order valence-electron chi connectivity index (χ2n) is 7.68. The van der Waals surface area contributed by atoms with Gasteiger partial charge in [-0.15, -0.1) is 23.1 Å². The summed E-state index contributed by atoms with van der Waals surface area (Å²) in [5, 5.41) is 21.6. The molecule has 1 atom stereocenters. The molecule has 0 aliphatic carbocycles. The van der Waals surface area contributed by atoms with Crippen LogP contribution < -0.4 is 9.30 Å². The van der Waals surface area contributed by atoms with Crippen LogP contribution >= 0.6 is 35.0 Å². The molecular formula is C25H27N4OS3+. The van der Waals surface area contributed by atoms with E-state index in [1.807, 2.05) is 24.3 Å². The largest absolute Gasteiger partial charge is 0.459 e. The summed E-state index contributed by atoms with van der Waals surface area (Å²) in [5.41, 5.74) is 5.08. The highest BCUT2D eigenvalue weighted by atomic mass is 32.2. The molecule has 0 spiro atoms. The number of rotatable bonds is 10. The van der Waals surface area contributed by atoms with E-state index < -0.39 is 0 Å². The highest BCUT2D eigenvalue weighted by Crippen LogP contribution is 2.35. The molecule has 0 aliphatic rings. The third kappa shape index (κ3) is 6.01. The third-order valence-corrected chi connectivity index (χ3v) is 8.32. The average molecular weight is 496 g/mol. The maximum atomic E-state index is 10.7. The van der Waals surface area contributed by atoms with Crippen molar-refractivity contribution in [3.05, 3.63) is 82.9 Å². The van der Waals surface area contributed by atoms with Gasteiger partial charge in [0.05, 0.1) is 20.7 Å². The zero-order chi connectivity index (χ0) is 23.2. The van der Waals surface area contributed by atoms with Crippen LogP contribution in [0, 0.1) is 12.3 Å². The minimum absolute atomic E-state index is 0.0390. The van der Waals surface area contributed by atoms with Crippen molar-refractivity contribution < 1.29 is 10.1 Å². The predicted molar refractivity (Wildman–Crippen MR) is 144 cm³/mol. The van der Waals surface area contributed by atoms with Gasteiger partial charge in [0.2, 0.25) is 0 Å². The van der Waals surface area contributed by atoms with Gasteiger partial charge >= 0.3 is 5.90 Å². The molecule has 1 unspecified atom stereocenters. The Balaban J connectivity index is 1.50. The molecule has 4 rings (SSSR count). The van der Waals surface area contributed by atoms with Crippen molar-refractivity contribution in [2.75, 3.05) is 17.9 Å². The fourth-order valence-corrected chi connectivity index (χ4v) is 6.15. The van der Waals surface area contributed by atoms with Crippen LogP contribution in [0.5, 0.6) is 0 Å². The van der Waals surface area contributed by atoms with Gasteiger partial charge in [-0.3, -0.25) is 0 Å². The molecule has 8 heteroatoms. The lowest BCUT2D eigenvalue weighted by Crippen LogP contribution is -2.76. The molecule has 0 amide bonds. The Hall–Kier alpha value is -2.68. The number of hydrogen-bond donors (Lipinski definition) is 4. The van der Waals surface area contributed by atoms with E-state index in [1.54, 1.807) is 35.0 Å². The van der Waals surface area contributed by atoms with Crippen LogP contribution in [-0.4, -0.2) is 41.0 Å². The van der Waals surface area contributed by atoms with Crippen LogP contribution in [0.4, 0.5) is 5.69 Å². The van der Waals surface area contributed by atoms with Crippen LogP contribution in [0.3, 0.4) is 0 Å². The normalized spacial score (nSPS) is 12.7. The first kappa shape index (κ1) is 23.5. The van der Waals surface area contributed by atoms with Crippen molar-refractivity contribution in [1.82, 2.24) is 4.98 Å². The SMILES string of the molecule is Cc1cc(N(C)Sc2cccs2)c2[nH]c(C(O)=[NH+]CC(C=N)SCc3ccccc3)cc2c1. The Bertz CT molecular complexity index is 1240. The van der Waals surface area contributed by atoms with Gasteiger partial charge in [-0.05, 0) is 59.6 Å². The molecule has 0 bridgehead atoms. The van der Waals surface area contributed by atoms with Crippen LogP contribution in [-0.2, 0) is 5.75 Å². The Morgan fingerprint density at radius 3 is 2.76 bits per heavy atom. The molecule has 33 heavy (non-hydrogen) atoms. The summed E-state index contributed by atoms with van der Waals surface area (Å²) in [5.74, 6) is 0.919. The van der Waals surface area contributed by atoms with Gasteiger partial charge in [0.15, 0.2) is 12.2 Å². The minimum Gasteiger partial charge on any atom is -0.459 e. The lowest BCUT2D eigenvalue weighted by Gasteiger charge is -2.18. The standard InChI is InChI=1S/C25H26N4OS3/c1-17-11-19-13-21(28-24(19)22(12-17)29(2)33-23-9-6-10-31-23)25(30)27-15-20(14-26)32-16-18-7-4-3-5-8-18/h3-14,20,26,28H,15-16H2,1-2H3,(H,27,30)/p+1. The summed E-state index contributed by atoms with van der Waals surface area (Å²) in [7, 11) is 2.06. The number of aryl methyl sites for hydroxylation is 1. The van der Waals surface area contributed by atoms with Crippen molar-refractivity contribution in [1.29, 1.82) is 5.41 Å². The van der Waals surface area contributed by atoms with Gasteiger partial charge in [0.1, 0.15) is 0 Å². The number of nitrogens with zero attached hydrogens (tertiary/aromatic N) is 1.